The maximum absolute atomic E-state index is 13.6. The molecule has 4 heteroatoms. The lowest BCUT2D eigenvalue weighted by Gasteiger charge is -2.29. The number of aliphatic hydroxyl groups is 1. The van der Waals surface area contributed by atoms with Crippen molar-refractivity contribution in [3.8, 4) is 0 Å². The van der Waals surface area contributed by atoms with E-state index in [0.29, 0.717) is 12.0 Å². The minimum absolute atomic E-state index is 0.173. The number of hydrogen-bond acceptors (Lipinski definition) is 2. The number of rotatable bonds is 3. The first kappa shape index (κ1) is 13.4. The van der Waals surface area contributed by atoms with Crippen molar-refractivity contribution in [1.29, 1.82) is 0 Å². The van der Waals surface area contributed by atoms with E-state index < -0.39 is 11.6 Å². The Hall–Kier alpha value is -1.00. The molecule has 0 bridgehead atoms. The van der Waals surface area contributed by atoms with E-state index in [1.165, 1.54) is 6.07 Å². The third-order valence-electron chi connectivity index (χ3n) is 3.58. The minimum Gasteiger partial charge on any atom is -0.393 e. The Morgan fingerprint density at radius 2 is 2.11 bits per heavy atom. The molecule has 0 aromatic heterocycles. The van der Waals surface area contributed by atoms with Gasteiger partial charge in [-0.3, -0.25) is 0 Å². The first-order valence-corrected chi connectivity index (χ1v) is 6.46. The van der Waals surface area contributed by atoms with Gasteiger partial charge in [-0.2, -0.15) is 0 Å². The molecule has 3 atom stereocenters. The molecule has 2 N–H and O–H groups in total. The number of nitrogens with one attached hydrogen (secondary N) is 1. The highest BCUT2D eigenvalue weighted by Gasteiger charge is 2.23. The maximum atomic E-state index is 13.6. The molecule has 1 aliphatic carbocycles. The zero-order valence-electron chi connectivity index (χ0n) is 10.5. The number of hydrogen-bond donors (Lipinski definition) is 2. The van der Waals surface area contributed by atoms with Gasteiger partial charge in [-0.15, -0.1) is 0 Å². The zero-order chi connectivity index (χ0) is 13.1. The Morgan fingerprint density at radius 1 is 1.33 bits per heavy atom. The molecule has 0 spiro atoms. The molecule has 1 aromatic rings. The summed E-state index contributed by atoms with van der Waals surface area (Å²) in [6.45, 7) is 1.82. The Bertz CT molecular complexity index is 411. The molecule has 1 fully saturated rings. The smallest absolute Gasteiger partial charge is 0.163 e. The molecule has 100 valence electrons. The molecular weight excluding hydrogens is 236 g/mol. The van der Waals surface area contributed by atoms with Crippen molar-refractivity contribution >= 4 is 0 Å². The van der Waals surface area contributed by atoms with Crippen LogP contribution in [0.25, 0.3) is 0 Å². The van der Waals surface area contributed by atoms with Crippen LogP contribution in [0.3, 0.4) is 0 Å². The monoisotopic (exact) mass is 255 g/mol. The third-order valence-corrected chi connectivity index (χ3v) is 3.58. The molecule has 1 aliphatic rings. The van der Waals surface area contributed by atoms with E-state index in [1.807, 2.05) is 6.92 Å². The first-order valence-electron chi connectivity index (χ1n) is 6.46. The van der Waals surface area contributed by atoms with Crippen LogP contribution in [0.5, 0.6) is 0 Å². The van der Waals surface area contributed by atoms with Crippen molar-refractivity contribution in [1.82, 2.24) is 5.32 Å². The summed E-state index contributed by atoms with van der Waals surface area (Å²) in [5.74, 6) is -1.60. The van der Waals surface area contributed by atoms with E-state index in [1.54, 1.807) is 6.07 Å². The first-order chi connectivity index (χ1) is 8.58. The molecule has 0 saturated heterocycles. The highest BCUT2D eigenvalue weighted by molar-refractivity contribution is 5.22. The zero-order valence-corrected chi connectivity index (χ0v) is 10.5. The van der Waals surface area contributed by atoms with Crippen LogP contribution < -0.4 is 5.32 Å². The van der Waals surface area contributed by atoms with Crippen molar-refractivity contribution in [3.63, 3.8) is 0 Å². The minimum atomic E-state index is -0.815. The molecule has 0 aliphatic heterocycles. The van der Waals surface area contributed by atoms with Crippen LogP contribution in [0, 0.1) is 11.6 Å². The van der Waals surface area contributed by atoms with Crippen LogP contribution in [0.4, 0.5) is 8.78 Å². The van der Waals surface area contributed by atoms with E-state index in [0.717, 1.165) is 25.3 Å². The second-order valence-electron chi connectivity index (χ2n) is 5.05. The normalized spacial score (nSPS) is 26.0. The predicted molar refractivity (Wildman–Crippen MR) is 66.2 cm³/mol. The van der Waals surface area contributed by atoms with Gasteiger partial charge in [-0.05, 0) is 38.7 Å². The molecule has 18 heavy (non-hydrogen) atoms. The summed E-state index contributed by atoms with van der Waals surface area (Å²) in [4.78, 5) is 0. The molecular formula is C14H19F2NO. The number of benzene rings is 1. The highest BCUT2D eigenvalue weighted by atomic mass is 19.2. The van der Waals surface area contributed by atoms with Gasteiger partial charge in [0, 0.05) is 17.6 Å². The Kier molecular flexibility index (Phi) is 4.30. The third kappa shape index (κ3) is 3.06. The van der Waals surface area contributed by atoms with Gasteiger partial charge in [0.25, 0.3) is 0 Å². The lowest BCUT2D eigenvalue weighted by Crippen LogP contribution is -2.37. The summed E-state index contributed by atoms with van der Waals surface area (Å²) < 4.78 is 26.8. The second-order valence-corrected chi connectivity index (χ2v) is 5.05. The molecule has 1 saturated carbocycles. The van der Waals surface area contributed by atoms with E-state index in [-0.39, 0.29) is 18.2 Å². The number of aliphatic hydroxyl groups excluding tert-OH is 1. The largest absolute Gasteiger partial charge is 0.393 e. The van der Waals surface area contributed by atoms with Gasteiger partial charge in [0.05, 0.1) is 6.10 Å². The van der Waals surface area contributed by atoms with Crippen molar-refractivity contribution in [2.45, 2.75) is 50.8 Å². The van der Waals surface area contributed by atoms with Crippen molar-refractivity contribution in [3.05, 3.63) is 35.4 Å². The fourth-order valence-corrected chi connectivity index (χ4v) is 2.61. The predicted octanol–water partition coefficient (Wildman–Crippen LogP) is 2.92. The van der Waals surface area contributed by atoms with Gasteiger partial charge >= 0.3 is 0 Å². The van der Waals surface area contributed by atoms with E-state index in [4.69, 9.17) is 0 Å². The van der Waals surface area contributed by atoms with Gasteiger partial charge in [-0.25, -0.2) is 8.78 Å². The van der Waals surface area contributed by atoms with Crippen molar-refractivity contribution < 1.29 is 13.9 Å². The quantitative estimate of drug-likeness (QED) is 0.870. The van der Waals surface area contributed by atoms with Gasteiger partial charge < -0.3 is 10.4 Å². The average molecular weight is 255 g/mol. The molecule has 2 nitrogen and oxygen atoms in total. The number of halogens is 2. The summed E-state index contributed by atoms with van der Waals surface area (Å²) >= 11 is 0. The highest BCUT2D eigenvalue weighted by Crippen LogP contribution is 2.24. The van der Waals surface area contributed by atoms with Gasteiger partial charge in [-0.1, -0.05) is 12.1 Å². The molecule has 1 aromatic carbocycles. The van der Waals surface area contributed by atoms with Crippen molar-refractivity contribution in [2.24, 2.45) is 0 Å². The Balaban J connectivity index is 2.02. The lowest BCUT2D eigenvalue weighted by atomic mass is 9.92. The fourth-order valence-electron chi connectivity index (χ4n) is 2.61. The fraction of sp³-hybridized carbons (Fsp3) is 0.571. The molecule has 2 rings (SSSR count). The maximum Gasteiger partial charge on any atom is 0.163 e. The molecule has 0 heterocycles. The molecule has 3 unspecified atom stereocenters. The van der Waals surface area contributed by atoms with Gasteiger partial charge in [0.15, 0.2) is 11.6 Å². The van der Waals surface area contributed by atoms with Gasteiger partial charge in [0.1, 0.15) is 0 Å². The topological polar surface area (TPSA) is 32.3 Å². The summed E-state index contributed by atoms with van der Waals surface area (Å²) in [5, 5.41) is 12.9. The Morgan fingerprint density at radius 3 is 2.83 bits per heavy atom. The van der Waals surface area contributed by atoms with Crippen LogP contribution >= 0.6 is 0 Å². The van der Waals surface area contributed by atoms with Gasteiger partial charge in [0.2, 0.25) is 0 Å². The second kappa shape index (κ2) is 5.76. The summed E-state index contributed by atoms with van der Waals surface area (Å²) in [5.41, 5.74) is 0.343. The van der Waals surface area contributed by atoms with E-state index in [9.17, 15) is 13.9 Å². The van der Waals surface area contributed by atoms with Crippen LogP contribution in [0.15, 0.2) is 18.2 Å². The molecule has 0 amide bonds. The van der Waals surface area contributed by atoms with E-state index in [2.05, 4.69) is 5.32 Å². The van der Waals surface area contributed by atoms with Crippen LogP contribution in [-0.4, -0.2) is 17.3 Å². The average Bonchev–Trinajstić information content (AvgIpc) is 2.32. The van der Waals surface area contributed by atoms with Crippen LogP contribution in [-0.2, 0) is 0 Å². The molecule has 0 radical (unpaired) electrons. The standard InChI is InChI=1S/C14H19F2NO/c1-9(12-6-3-7-13(15)14(12)16)17-10-4-2-5-11(18)8-10/h3,6-7,9-11,17-18H,2,4-5,8H2,1H3. The Labute approximate surface area is 106 Å². The van der Waals surface area contributed by atoms with Crippen molar-refractivity contribution in [2.75, 3.05) is 0 Å². The van der Waals surface area contributed by atoms with Crippen LogP contribution in [0.1, 0.15) is 44.2 Å². The summed E-state index contributed by atoms with van der Waals surface area (Å²) in [6.07, 6.45) is 3.18. The lowest BCUT2D eigenvalue weighted by molar-refractivity contribution is 0.109. The summed E-state index contributed by atoms with van der Waals surface area (Å²) in [7, 11) is 0. The van der Waals surface area contributed by atoms with Crippen LogP contribution in [0.2, 0.25) is 0 Å². The SMILES string of the molecule is CC(NC1CCCC(O)C1)c1cccc(F)c1F. The summed E-state index contributed by atoms with van der Waals surface area (Å²) in [6, 6.07) is 4.15. The van der Waals surface area contributed by atoms with E-state index >= 15 is 0 Å².